The van der Waals surface area contributed by atoms with Crippen molar-refractivity contribution >= 4 is 21.8 Å². The molecule has 0 nitrogen and oxygen atoms in total. The van der Waals surface area contributed by atoms with Crippen LogP contribution in [-0.2, 0) is 33.3 Å². The van der Waals surface area contributed by atoms with E-state index in [-0.39, 0.29) is 0 Å². The zero-order valence-corrected chi connectivity index (χ0v) is 16.2. The average molecular weight is 339 g/mol. The van der Waals surface area contributed by atoms with Gasteiger partial charge in [-0.25, -0.2) is 0 Å². The fourth-order valence-electron chi connectivity index (χ4n) is 3.20. The summed E-state index contributed by atoms with van der Waals surface area (Å²) < 4.78 is 0. The minimum absolute atomic E-state index is 0.566. The van der Waals surface area contributed by atoms with E-state index in [0.29, 0.717) is 21.8 Å². The third kappa shape index (κ3) is 7.46. The summed E-state index contributed by atoms with van der Waals surface area (Å²) in [5, 5.41) is 0. The van der Waals surface area contributed by atoms with E-state index in [1.807, 2.05) is 0 Å². The molecule has 3 rings (SSSR count). The lowest BCUT2D eigenvalue weighted by molar-refractivity contribution is 0.587. The van der Waals surface area contributed by atoms with E-state index in [2.05, 4.69) is 36.8 Å². The Morgan fingerprint density at radius 3 is 1.23 bits per heavy atom. The zero-order chi connectivity index (χ0) is 15.6. The third-order valence-electron chi connectivity index (χ3n) is 4.58. The molecule has 1 aromatic rings. The minimum atomic E-state index is 0.566. The van der Waals surface area contributed by atoms with Crippen molar-refractivity contribution in [3.63, 3.8) is 0 Å². The number of hydrogen-bond acceptors (Lipinski definition) is 0. The molecular weight excluding hydrogens is 304 g/mol. The highest BCUT2D eigenvalue weighted by Gasteiger charge is 2.14. The van der Waals surface area contributed by atoms with Crippen molar-refractivity contribution in [2.75, 3.05) is 24.0 Å². The molecule has 2 bridgehead atoms. The molecule has 2 heteroatoms. The van der Waals surface area contributed by atoms with Gasteiger partial charge in [0.25, 0.3) is 0 Å². The van der Waals surface area contributed by atoms with Gasteiger partial charge >= 0.3 is 0 Å². The topological polar surface area (TPSA) is 0 Å². The van der Waals surface area contributed by atoms with Gasteiger partial charge in [-0.3, -0.25) is 0 Å². The second kappa shape index (κ2) is 10.6. The Balaban J connectivity index is 1.90. The molecule has 0 radical (unpaired) electrons. The highest BCUT2D eigenvalue weighted by Crippen LogP contribution is 2.16. The smallest absolute Gasteiger partial charge is 0.0539 e. The van der Waals surface area contributed by atoms with Gasteiger partial charge in [0.05, 0.1) is 12.5 Å². The average Bonchev–Trinajstić information content (AvgIpc) is 2.50. The molecule has 124 valence electrons. The molecule has 1 aromatic carbocycles. The Kier molecular flexibility index (Phi) is 8.84. The molecule has 0 amide bonds. The normalized spacial score (nSPS) is 26.3. The van der Waals surface area contributed by atoms with Crippen LogP contribution in [0.5, 0.6) is 0 Å². The molecule has 0 fully saturated rings. The first-order valence-corrected chi connectivity index (χ1v) is 12.9. The Morgan fingerprint density at radius 1 is 0.545 bits per heavy atom. The second-order valence-electron chi connectivity index (χ2n) is 6.90. The largest absolute Gasteiger partial charge is 0.132 e. The molecule has 0 spiro atoms. The lowest BCUT2D eigenvalue weighted by Crippen LogP contribution is -2.10. The maximum absolute atomic E-state index is 2.45. The van der Waals surface area contributed by atoms with E-state index in [4.69, 9.17) is 0 Å². The number of rotatable bonds is 0. The SMILES string of the molecule is C[S+]1CCCCCCCCCC[S+](C)Cc2ccc(cc2)C1. The summed E-state index contributed by atoms with van der Waals surface area (Å²) >= 11 is 0. The molecule has 0 aromatic heterocycles. The summed E-state index contributed by atoms with van der Waals surface area (Å²) in [6.45, 7) is 0. The van der Waals surface area contributed by atoms with Gasteiger partial charge in [-0.1, -0.05) is 49.9 Å². The first-order valence-electron chi connectivity index (χ1n) is 9.00. The van der Waals surface area contributed by atoms with Gasteiger partial charge in [0.2, 0.25) is 0 Å². The summed E-state index contributed by atoms with van der Waals surface area (Å²) in [6, 6.07) is 9.55. The van der Waals surface area contributed by atoms with Gasteiger partial charge in [-0.05, 0) is 47.5 Å². The van der Waals surface area contributed by atoms with Crippen molar-refractivity contribution in [2.45, 2.75) is 62.9 Å². The molecule has 22 heavy (non-hydrogen) atoms. The number of benzene rings is 1. The van der Waals surface area contributed by atoms with Crippen molar-refractivity contribution in [3.05, 3.63) is 35.4 Å². The maximum atomic E-state index is 2.45. The molecule has 0 saturated carbocycles. The van der Waals surface area contributed by atoms with Gasteiger partial charge in [-0.15, -0.1) is 0 Å². The second-order valence-corrected chi connectivity index (χ2v) is 11.4. The fourth-order valence-corrected chi connectivity index (χ4v) is 6.41. The van der Waals surface area contributed by atoms with Crippen molar-refractivity contribution < 1.29 is 0 Å². The summed E-state index contributed by atoms with van der Waals surface area (Å²) in [5.74, 6) is 5.44. The van der Waals surface area contributed by atoms with Crippen LogP contribution in [0.4, 0.5) is 0 Å². The molecule has 2 atom stereocenters. The van der Waals surface area contributed by atoms with Gasteiger partial charge < -0.3 is 0 Å². The first kappa shape index (κ1) is 18.3. The molecule has 0 N–H and O–H groups in total. The van der Waals surface area contributed by atoms with Gasteiger partial charge in [0.1, 0.15) is 23.0 Å². The van der Waals surface area contributed by atoms with Crippen LogP contribution in [-0.4, -0.2) is 24.0 Å². The standard InChI is InChI=1S/C20H34S2/c1-21-15-9-7-5-3-4-6-8-10-16-22(2)18-20-13-11-19(17-21)12-14-20/h11-14H,3-10,15-18H2,1-2H3/q+2. The molecule has 2 unspecified atom stereocenters. The molecule has 2 aliphatic heterocycles. The van der Waals surface area contributed by atoms with Crippen LogP contribution in [0.15, 0.2) is 24.3 Å². The lowest BCUT2D eigenvalue weighted by atomic mass is 10.1. The maximum Gasteiger partial charge on any atom is 0.132 e. The van der Waals surface area contributed by atoms with Crippen molar-refractivity contribution in [2.24, 2.45) is 0 Å². The van der Waals surface area contributed by atoms with E-state index in [1.54, 1.807) is 11.1 Å². The Hall–Kier alpha value is -0.0800. The highest BCUT2D eigenvalue weighted by molar-refractivity contribution is 7.95. The third-order valence-corrected chi connectivity index (χ3v) is 8.21. The van der Waals surface area contributed by atoms with Crippen LogP contribution in [0.1, 0.15) is 62.5 Å². The van der Waals surface area contributed by atoms with Gasteiger partial charge in [0, 0.05) is 11.1 Å². The Labute approximate surface area is 144 Å². The molecule has 0 saturated heterocycles. The van der Waals surface area contributed by atoms with E-state index in [1.165, 1.54) is 74.4 Å². The van der Waals surface area contributed by atoms with E-state index in [0.717, 1.165) is 0 Å². The summed E-state index contributed by atoms with van der Waals surface area (Å²) in [4.78, 5) is 0. The first-order chi connectivity index (χ1) is 10.7. The zero-order valence-electron chi connectivity index (χ0n) is 14.6. The van der Waals surface area contributed by atoms with Crippen LogP contribution in [0, 0.1) is 0 Å². The van der Waals surface area contributed by atoms with Gasteiger partial charge in [0.15, 0.2) is 0 Å². The summed E-state index contributed by atoms with van der Waals surface area (Å²) in [5.41, 5.74) is 3.10. The quantitative estimate of drug-likeness (QED) is 0.562. The molecule has 0 aliphatic carbocycles. The number of fused-ring (bicyclic) bond motifs is 15. The van der Waals surface area contributed by atoms with Crippen molar-refractivity contribution in [3.8, 4) is 0 Å². The number of hydrogen-bond donors (Lipinski definition) is 0. The summed E-state index contributed by atoms with van der Waals surface area (Å²) in [6.07, 6.45) is 16.6. The minimum Gasteiger partial charge on any atom is -0.0539 e. The molecule has 2 aliphatic rings. The van der Waals surface area contributed by atoms with Crippen molar-refractivity contribution in [1.29, 1.82) is 0 Å². The van der Waals surface area contributed by atoms with Crippen LogP contribution in [0.2, 0.25) is 0 Å². The van der Waals surface area contributed by atoms with Gasteiger partial charge in [-0.2, -0.15) is 0 Å². The predicted octanol–water partition coefficient (Wildman–Crippen LogP) is 5.32. The van der Waals surface area contributed by atoms with E-state index in [9.17, 15) is 0 Å². The monoisotopic (exact) mass is 338 g/mol. The van der Waals surface area contributed by atoms with Crippen molar-refractivity contribution in [1.82, 2.24) is 0 Å². The van der Waals surface area contributed by atoms with Crippen LogP contribution >= 0.6 is 0 Å². The predicted molar refractivity (Wildman–Crippen MR) is 107 cm³/mol. The lowest BCUT2D eigenvalue weighted by Gasteiger charge is -2.08. The van der Waals surface area contributed by atoms with Crippen LogP contribution in [0.25, 0.3) is 0 Å². The Bertz CT molecular complexity index is 360. The molecule has 2 heterocycles. The Morgan fingerprint density at radius 2 is 0.864 bits per heavy atom. The highest BCUT2D eigenvalue weighted by atomic mass is 32.2. The summed E-state index contributed by atoms with van der Waals surface area (Å²) in [7, 11) is 1.13. The fraction of sp³-hybridized carbons (Fsp3) is 0.700. The van der Waals surface area contributed by atoms with Crippen LogP contribution in [0.3, 0.4) is 0 Å². The van der Waals surface area contributed by atoms with E-state index < -0.39 is 0 Å². The van der Waals surface area contributed by atoms with Crippen LogP contribution < -0.4 is 0 Å². The molecular formula is C20H34S2+2. The van der Waals surface area contributed by atoms with E-state index >= 15 is 0 Å².